The second-order valence-corrected chi connectivity index (χ2v) is 11.7. The van der Waals surface area contributed by atoms with Crippen LogP contribution >= 0.6 is 11.6 Å². The quantitative estimate of drug-likeness (QED) is 0.452. The van der Waals surface area contributed by atoms with E-state index in [0.29, 0.717) is 48.7 Å². The Hall–Kier alpha value is -2.75. The number of hydrogen-bond acceptors (Lipinski definition) is 7. The van der Waals surface area contributed by atoms with Crippen molar-refractivity contribution in [3.8, 4) is 17.1 Å². The van der Waals surface area contributed by atoms with E-state index < -0.39 is 11.6 Å². The van der Waals surface area contributed by atoms with Gasteiger partial charge < -0.3 is 20.7 Å². The molecule has 0 amide bonds. The number of hydrogen-bond donors (Lipinski definition) is 2. The first-order valence-electron chi connectivity index (χ1n) is 13.5. The first kappa shape index (κ1) is 24.3. The predicted octanol–water partition coefficient (Wildman–Crippen LogP) is 4.76. The van der Waals surface area contributed by atoms with Crippen LogP contribution in [0.5, 0.6) is 6.01 Å². The highest BCUT2D eigenvalue weighted by molar-refractivity contribution is 6.33. The zero-order valence-corrected chi connectivity index (χ0v) is 21.9. The van der Waals surface area contributed by atoms with Gasteiger partial charge in [-0.1, -0.05) is 11.6 Å². The second kappa shape index (κ2) is 9.17. The lowest BCUT2D eigenvalue weighted by molar-refractivity contribution is 0.108. The summed E-state index contributed by atoms with van der Waals surface area (Å²) in [5, 5.41) is 4.15. The van der Waals surface area contributed by atoms with Crippen molar-refractivity contribution in [2.75, 3.05) is 43.4 Å². The fraction of sp³-hybridized carbons (Fsp3) is 0.500. The summed E-state index contributed by atoms with van der Waals surface area (Å²) in [5.41, 5.74) is 6.26. The molecule has 10 heteroatoms. The van der Waals surface area contributed by atoms with Crippen LogP contribution in [0.25, 0.3) is 22.0 Å². The molecule has 3 aromatic rings. The van der Waals surface area contributed by atoms with Crippen molar-refractivity contribution >= 4 is 34.0 Å². The number of anilines is 2. The molecule has 4 saturated heterocycles. The third-order valence-corrected chi connectivity index (χ3v) is 9.23. The average Bonchev–Trinajstić information content (AvgIpc) is 3.58. The topological polar surface area (TPSA) is 79.5 Å². The van der Waals surface area contributed by atoms with Gasteiger partial charge in [0.2, 0.25) is 0 Å². The molecule has 200 valence electrons. The van der Waals surface area contributed by atoms with E-state index in [1.807, 2.05) is 0 Å². The number of aromatic nitrogens is 2. The van der Waals surface area contributed by atoms with Gasteiger partial charge in [-0.3, -0.25) is 4.90 Å². The molecule has 3 N–H and O–H groups in total. The van der Waals surface area contributed by atoms with Gasteiger partial charge in [0, 0.05) is 46.8 Å². The molecule has 0 aliphatic carbocycles. The number of benzene rings is 2. The van der Waals surface area contributed by atoms with Crippen molar-refractivity contribution in [2.45, 2.75) is 56.1 Å². The van der Waals surface area contributed by atoms with Crippen LogP contribution in [0.15, 0.2) is 24.3 Å². The van der Waals surface area contributed by atoms with Gasteiger partial charge >= 0.3 is 6.01 Å². The van der Waals surface area contributed by atoms with Gasteiger partial charge in [0.1, 0.15) is 23.8 Å². The Balaban J connectivity index is 1.35. The van der Waals surface area contributed by atoms with Crippen LogP contribution in [0, 0.1) is 11.6 Å². The lowest BCUT2D eigenvalue weighted by atomic mass is 9.95. The third kappa shape index (κ3) is 3.98. The minimum Gasteiger partial charge on any atom is -0.461 e. The van der Waals surface area contributed by atoms with Gasteiger partial charge in [0.25, 0.3) is 0 Å². The molecule has 4 aliphatic heterocycles. The number of piperazine rings is 1. The maximum absolute atomic E-state index is 16.3. The van der Waals surface area contributed by atoms with Gasteiger partial charge in [-0.2, -0.15) is 9.97 Å². The Kier molecular flexibility index (Phi) is 5.87. The van der Waals surface area contributed by atoms with Gasteiger partial charge in [-0.15, -0.1) is 0 Å². The number of rotatable bonds is 5. The summed E-state index contributed by atoms with van der Waals surface area (Å²) < 4.78 is 38.1. The molecule has 0 radical (unpaired) electrons. The van der Waals surface area contributed by atoms with Crippen LogP contribution in [0.4, 0.5) is 20.3 Å². The number of nitrogens with zero attached hydrogens (tertiary/aromatic N) is 4. The maximum atomic E-state index is 16.3. The molecule has 38 heavy (non-hydrogen) atoms. The molecule has 7 rings (SSSR count). The van der Waals surface area contributed by atoms with E-state index in [0.717, 1.165) is 51.6 Å². The van der Waals surface area contributed by atoms with Gasteiger partial charge in [0.05, 0.1) is 11.1 Å². The smallest absolute Gasteiger partial charge is 0.319 e. The highest BCUT2D eigenvalue weighted by Gasteiger charge is 2.45. The molecule has 7 nitrogen and oxygen atoms in total. The van der Waals surface area contributed by atoms with Crippen LogP contribution in [0.3, 0.4) is 0 Å². The summed E-state index contributed by atoms with van der Waals surface area (Å²) in [6, 6.07) is 6.73. The molecule has 0 spiro atoms. The first-order chi connectivity index (χ1) is 18.4. The standard InChI is InChI=1S/C28H31ClF2N6O/c29-21-6-3-16(32)11-19(21)23-22(30)12-20-25(24(23)31)34-27(38-15-28-7-1-9-37(28)10-2-8-28)35-26(20)36-13-17-4-5-18(14-36)33-17/h3,6,11-12,17-18,33H,1-2,4-5,7-10,13-15,32H2. The van der Waals surface area contributed by atoms with Crippen molar-refractivity contribution in [3.63, 3.8) is 0 Å². The van der Waals surface area contributed by atoms with Crippen molar-refractivity contribution in [1.82, 2.24) is 20.2 Å². The first-order valence-corrected chi connectivity index (χ1v) is 13.9. The zero-order valence-electron chi connectivity index (χ0n) is 21.2. The Morgan fingerprint density at radius 3 is 2.55 bits per heavy atom. The van der Waals surface area contributed by atoms with E-state index in [-0.39, 0.29) is 33.2 Å². The minimum atomic E-state index is -0.791. The molecule has 1 aromatic heterocycles. The van der Waals surface area contributed by atoms with E-state index in [4.69, 9.17) is 27.1 Å². The molecular weight excluding hydrogens is 510 g/mol. The molecule has 2 unspecified atom stereocenters. The van der Waals surface area contributed by atoms with E-state index in [2.05, 4.69) is 20.1 Å². The number of nitrogens with one attached hydrogen (secondary N) is 1. The number of ether oxygens (including phenoxy) is 1. The van der Waals surface area contributed by atoms with Crippen LogP contribution in [-0.2, 0) is 0 Å². The maximum Gasteiger partial charge on any atom is 0.319 e. The monoisotopic (exact) mass is 540 g/mol. The van der Waals surface area contributed by atoms with Crippen LogP contribution < -0.4 is 20.7 Å². The summed E-state index contributed by atoms with van der Waals surface area (Å²) in [5.74, 6) is -1.01. The summed E-state index contributed by atoms with van der Waals surface area (Å²) >= 11 is 6.36. The van der Waals surface area contributed by atoms with Crippen LogP contribution in [-0.4, -0.2) is 65.3 Å². The number of fused-ring (bicyclic) bond motifs is 4. The number of nitrogens with two attached hydrogens (primary N) is 1. The highest BCUT2D eigenvalue weighted by Crippen LogP contribution is 2.41. The average molecular weight is 541 g/mol. The lowest BCUT2D eigenvalue weighted by Gasteiger charge is -2.34. The van der Waals surface area contributed by atoms with Crippen molar-refractivity contribution in [3.05, 3.63) is 40.9 Å². The summed E-state index contributed by atoms with van der Waals surface area (Å²) in [7, 11) is 0. The normalized spacial score (nSPS) is 24.3. The molecule has 2 atom stereocenters. The van der Waals surface area contributed by atoms with Crippen LogP contribution in [0.1, 0.15) is 38.5 Å². The van der Waals surface area contributed by atoms with Gasteiger partial charge in [0.15, 0.2) is 5.82 Å². The highest BCUT2D eigenvalue weighted by atomic mass is 35.5. The largest absolute Gasteiger partial charge is 0.461 e. The van der Waals surface area contributed by atoms with Crippen molar-refractivity contribution in [2.24, 2.45) is 0 Å². The molecule has 4 fully saturated rings. The second-order valence-electron chi connectivity index (χ2n) is 11.3. The van der Waals surface area contributed by atoms with Crippen LogP contribution in [0.2, 0.25) is 5.02 Å². The molecule has 2 bridgehead atoms. The molecular formula is C28H31ClF2N6O. The molecule has 5 heterocycles. The zero-order chi connectivity index (χ0) is 26.0. The Morgan fingerprint density at radius 1 is 1.08 bits per heavy atom. The van der Waals surface area contributed by atoms with E-state index >= 15 is 8.78 Å². The molecule has 4 aliphatic rings. The minimum absolute atomic E-state index is 0.00573. The molecule has 0 saturated carbocycles. The van der Waals surface area contributed by atoms with E-state index in [1.54, 1.807) is 12.1 Å². The van der Waals surface area contributed by atoms with Gasteiger partial charge in [-0.25, -0.2) is 8.78 Å². The Bertz CT molecular complexity index is 1400. The van der Waals surface area contributed by atoms with E-state index in [1.165, 1.54) is 12.1 Å². The Morgan fingerprint density at radius 2 is 1.82 bits per heavy atom. The van der Waals surface area contributed by atoms with Crippen molar-refractivity contribution in [1.29, 1.82) is 0 Å². The Labute approximate surface area is 225 Å². The van der Waals surface area contributed by atoms with Gasteiger partial charge in [-0.05, 0) is 75.9 Å². The molecule has 2 aromatic carbocycles. The number of nitrogen functional groups attached to an aromatic ring is 1. The summed E-state index contributed by atoms with van der Waals surface area (Å²) in [6.45, 7) is 4.04. The fourth-order valence-corrected chi connectivity index (χ4v) is 7.29. The van der Waals surface area contributed by atoms with E-state index in [9.17, 15) is 0 Å². The summed E-state index contributed by atoms with van der Waals surface area (Å²) in [4.78, 5) is 13.9. The fourth-order valence-electron chi connectivity index (χ4n) is 7.08. The summed E-state index contributed by atoms with van der Waals surface area (Å²) in [6.07, 6.45) is 6.60. The predicted molar refractivity (Wildman–Crippen MR) is 145 cm³/mol. The third-order valence-electron chi connectivity index (χ3n) is 8.90. The SMILES string of the molecule is Nc1ccc(Cl)c(-c2c(F)cc3c(N4CC5CCC(C4)N5)nc(OCC45CCCN4CCC5)nc3c2F)c1. The van der Waals surface area contributed by atoms with Crippen molar-refractivity contribution < 1.29 is 13.5 Å². The number of halogens is 3. The lowest BCUT2D eigenvalue weighted by Crippen LogP contribution is -2.51.